The Bertz CT molecular complexity index is 281. The number of ether oxygens (including phenoxy) is 1. The Balaban J connectivity index is 1.84. The molecule has 0 aromatic carbocycles. The smallest absolute Gasteiger partial charge is 0.410 e. The number of hydrogen-bond acceptors (Lipinski definition) is 4. The summed E-state index contributed by atoms with van der Waals surface area (Å²) in [6.45, 7) is 7.65. The van der Waals surface area contributed by atoms with Gasteiger partial charge in [0.2, 0.25) is 0 Å². The number of hydrogen-bond donors (Lipinski definition) is 0. The lowest BCUT2D eigenvalue weighted by molar-refractivity contribution is -0.315. The van der Waals surface area contributed by atoms with Crippen molar-refractivity contribution in [2.75, 3.05) is 19.7 Å². The van der Waals surface area contributed by atoms with Crippen LogP contribution in [0.25, 0.3) is 0 Å². The fourth-order valence-electron chi connectivity index (χ4n) is 2.19. The molecule has 2 fully saturated rings. The van der Waals surface area contributed by atoms with Gasteiger partial charge in [0.15, 0.2) is 0 Å². The third-order valence-electron chi connectivity index (χ3n) is 3.20. The van der Waals surface area contributed by atoms with E-state index in [-0.39, 0.29) is 11.7 Å². The third kappa shape index (κ3) is 3.10. The molecule has 0 unspecified atom stereocenters. The van der Waals surface area contributed by atoms with Crippen LogP contribution in [0.15, 0.2) is 0 Å². The highest BCUT2D eigenvalue weighted by atomic mass is 17.2. The molecule has 17 heavy (non-hydrogen) atoms. The first kappa shape index (κ1) is 12.6. The maximum absolute atomic E-state index is 11.8. The maximum Gasteiger partial charge on any atom is 0.410 e. The summed E-state index contributed by atoms with van der Waals surface area (Å²) in [6.07, 6.45) is 2.35. The number of likely N-dealkylation sites (tertiary alicyclic amines) is 1. The summed E-state index contributed by atoms with van der Waals surface area (Å²) >= 11 is 0. The van der Waals surface area contributed by atoms with E-state index in [9.17, 15) is 4.79 Å². The van der Waals surface area contributed by atoms with Crippen LogP contribution in [0.3, 0.4) is 0 Å². The second-order valence-corrected chi connectivity index (χ2v) is 5.81. The third-order valence-corrected chi connectivity index (χ3v) is 3.20. The zero-order chi connectivity index (χ0) is 12.5. The van der Waals surface area contributed by atoms with Gasteiger partial charge in [-0.05, 0) is 33.6 Å². The molecule has 0 saturated carbocycles. The molecule has 0 N–H and O–H groups in total. The minimum atomic E-state index is -0.431. The number of piperidine rings is 1. The Morgan fingerprint density at radius 3 is 2.35 bits per heavy atom. The monoisotopic (exact) mass is 243 g/mol. The van der Waals surface area contributed by atoms with Crippen molar-refractivity contribution in [2.24, 2.45) is 0 Å². The van der Waals surface area contributed by atoms with E-state index in [0.29, 0.717) is 19.7 Å². The number of rotatable bonds is 0. The molecule has 0 bridgehead atoms. The summed E-state index contributed by atoms with van der Waals surface area (Å²) in [7, 11) is 0. The summed E-state index contributed by atoms with van der Waals surface area (Å²) in [4.78, 5) is 23.9. The van der Waals surface area contributed by atoms with Crippen LogP contribution in [0.4, 0.5) is 4.79 Å². The lowest BCUT2D eigenvalue weighted by atomic mass is 9.89. The molecule has 0 radical (unpaired) electrons. The first-order chi connectivity index (χ1) is 7.90. The van der Waals surface area contributed by atoms with Gasteiger partial charge in [-0.25, -0.2) is 14.6 Å². The van der Waals surface area contributed by atoms with Crippen molar-refractivity contribution in [3.05, 3.63) is 0 Å². The van der Waals surface area contributed by atoms with Crippen molar-refractivity contribution in [1.82, 2.24) is 4.90 Å². The Labute approximate surface area is 102 Å². The van der Waals surface area contributed by atoms with Crippen molar-refractivity contribution in [1.29, 1.82) is 0 Å². The molecule has 0 aliphatic carbocycles. The topological polar surface area (TPSA) is 48.0 Å². The molecule has 0 atom stereocenters. The predicted octanol–water partition coefficient (Wildman–Crippen LogP) is 2.11. The zero-order valence-corrected chi connectivity index (χ0v) is 10.8. The van der Waals surface area contributed by atoms with Crippen LogP contribution in [0, 0.1) is 0 Å². The van der Waals surface area contributed by atoms with E-state index in [2.05, 4.69) is 0 Å². The highest BCUT2D eigenvalue weighted by Gasteiger charge is 2.41. The fraction of sp³-hybridized carbons (Fsp3) is 0.917. The second kappa shape index (κ2) is 4.46. The summed E-state index contributed by atoms with van der Waals surface area (Å²) in [5.74, 6) is 0. The summed E-state index contributed by atoms with van der Waals surface area (Å²) in [5.41, 5.74) is -0.586. The van der Waals surface area contributed by atoms with E-state index in [4.69, 9.17) is 14.5 Å². The Morgan fingerprint density at radius 1 is 1.24 bits per heavy atom. The van der Waals surface area contributed by atoms with Crippen LogP contribution in [0.2, 0.25) is 0 Å². The van der Waals surface area contributed by atoms with Crippen LogP contribution in [0.5, 0.6) is 0 Å². The minimum Gasteiger partial charge on any atom is -0.444 e. The van der Waals surface area contributed by atoms with Gasteiger partial charge in [-0.2, -0.15) is 0 Å². The van der Waals surface area contributed by atoms with E-state index in [1.165, 1.54) is 0 Å². The van der Waals surface area contributed by atoms with Crippen molar-refractivity contribution >= 4 is 6.09 Å². The van der Waals surface area contributed by atoms with Crippen molar-refractivity contribution in [3.8, 4) is 0 Å². The standard InChI is InChI=1S/C12H21NO4/c1-11(2,3)16-10(14)13-7-4-12(5-8-13)6-9-15-17-12/h4-9H2,1-3H3. The minimum absolute atomic E-state index is 0.154. The summed E-state index contributed by atoms with van der Waals surface area (Å²) < 4.78 is 5.34. The van der Waals surface area contributed by atoms with Crippen LogP contribution >= 0.6 is 0 Å². The van der Waals surface area contributed by atoms with E-state index >= 15 is 0 Å². The molecule has 1 amide bonds. The Kier molecular flexibility index (Phi) is 3.32. The van der Waals surface area contributed by atoms with Gasteiger partial charge in [-0.3, -0.25) is 0 Å². The summed E-state index contributed by atoms with van der Waals surface area (Å²) in [5, 5.41) is 0. The largest absolute Gasteiger partial charge is 0.444 e. The molecule has 5 nitrogen and oxygen atoms in total. The Hall–Kier alpha value is -0.810. The van der Waals surface area contributed by atoms with Crippen LogP contribution in [-0.4, -0.2) is 41.9 Å². The quantitative estimate of drug-likeness (QED) is 0.611. The molecule has 2 aliphatic rings. The normalized spacial score (nSPS) is 24.1. The maximum atomic E-state index is 11.8. The average molecular weight is 243 g/mol. The van der Waals surface area contributed by atoms with Gasteiger partial charge >= 0.3 is 6.09 Å². The van der Waals surface area contributed by atoms with Crippen molar-refractivity contribution in [3.63, 3.8) is 0 Å². The van der Waals surface area contributed by atoms with Crippen LogP contribution in [0.1, 0.15) is 40.0 Å². The first-order valence-corrected chi connectivity index (χ1v) is 6.19. The number of nitrogens with zero attached hydrogens (tertiary/aromatic N) is 1. The molecule has 5 heteroatoms. The molecule has 0 aromatic rings. The number of carbonyl (C=O) groups is 1. The van der Waals surface area contributed by atoms with Gasteiger partial charge in [0, 0.05) is 19.5 Å². The van der Waals surface area contributed by atoms with Crippen LogP contribution in [-0.2, 0) is 14.5 Å². The number of carbonyl (C=O) groups excluding carboxylic acids is 1. The molecule has 0 aromatic heterocycles. The molecule has 2 heterocycles. The molecular weight excluding hydrogens is 222 g/mol. The van der Waals surface area contributed by atoms with Gasteiger partial charge < -0.3 is 9.64 Å². The van der Waals surface area contributed by atoms with Gasteiger partial charge in [0.1, 0.15) is 11.2 Å². The molecule has 98 valence electrons. The summed E-state index contributed by atoms with van der Waals surface area (Å²) in [6, 6.07) is 0. The fourth-order valence-corrected chi connectivity index (χ4v) is 2.19. The lowest BCUT2D eigenvalue weighted by Gasteiger charge is -2.37. The molecule has 2 saturated heterocycles. The highest BCUT2D eigenvalue weighted by molar-refractivity contribution is 5.68. The molecular formula is C12H21NO4. The highest BCUT2D eigenvalue weighted by Crippen LogP contribution is 2.34. The van der Waals surface area contributed by atoms with Gasteiger partial charge in [-0.1, -0.05) is 0 Å². The number of amides is 1. The predicted molar refractivity (Wildman–Crippen MR) is 61.4 cm³/mol. The van der Waals surface area contributed by atoms with E-state index in [1.54, 1.807) is 4.90 Å². The van der Waals surface area contributed by atoms with E-state index in [1.807, 2.05) is 20.8 Å². The van der Waals surface area contributed by atoms with Gasteiger partial charge in [-0.15, -0.1) is 0 Å². The van der Waals surface area contributed by atoms with E-state index in [0.717, 1.165) is 19.3 Å². The molecule has 1 spiro atoms. The lowest BCUT2D eigenvalue weighted by Crippen LogP contribution is -2.47. The van der Waals surface area contributed by atoms with Crippen molar-refractivity contribution in [2.45, 2.75) is 51.2 Å². The van der Waals surface area contributed by atoms with Gasteiger partial charge in [0.25, 0.3) is 0 Å². The van der Waals surface area contributed by atoms with E-state index < -0.39 is 5.60 Å². The average Bonchev–Trinajstić information content (AvgIpc) is 2.65. The molecule has 2 rings (SSSR count). The van der Waals surface area contributed by atoms with Crippen molar-refractivity contribution < 1.29 is 19.3 Å². The first-order valence-electron chi connectivity index (χ1n) is 6.19. The van der Waals surface area contributed by atoms with Gasteiger partial charge in [0.05, 0.1) is 6.61 Å². The van der Waals surface area contributed by atoms with Crippen LogP contribution < -0.4 is 0 Å². The zero-order valence-electron chi connectivity index (χ0n) is 10.8. The Morgan fingerprint density at radius 2 is 1.88 bits per heavy atom. The SMILES string of the molecule is CC(C)(C)OC(=O)N1CCC2(CCOO2)CC1. The molecule has 2 aliphatic heterocycles. The second-order valence-electron chi connectivity index (χ2n) is 5.81.